The first-order valence-electron chi connectivity index (χ1n) is 11.8. The number of ether oxygens (including phenoxy) is 1. The molecular weight excluding hydrogens is 430 g/mol. The molecule has 1 amide bonds. The average molecular weight is 464 g/mol. The number of amides is 1. The topological polar surface area (TPSA) is 80.0 Å². The fourth-order valence-electron chi connectivity index (χ4n) is 3.75. The third kappa shape index (κ3) is 7.24. The SMILES string of the molecule is CC(C)N(Cc1ccccc1OCCCCCCC(=O)O)C(=O)c1ccc(-c2ccco2)cc1. The van der Waals surface area contributed by atoms with Gasteiger partial charge in [0, 0.05) is 35.7 Å². The predicted octanol–water partition coefficient (Wildman–Crippen LogP) is 6.41. The summed E-state index contributed by atoms with van der Waals surface area (Å²) < 4.78 is 11.5. The number of furan rings is 1. The van der Waals surface area contributed by atoms with Crippen molar-refractivity contribution in [1.82, 2.24) is 4.90 Å². The van der Waals surface area contributed by atoms with Crippen molar-refractivity contribution in [3.8, 4) is 17.1 Å². The number of hydrogen-bond acceptors (Lipinski definition) is 4. The molecule has 1 heterocycles. The van der Waals surface area contributed by atoms with Crippen LogP contribution in [0.25, 0.3) is 11.3 Å². The Bertz CT molecular complexity index is 1040. The van der Waals surface area contributed by atoms with Gasteiger partial charge in [-0.05, 0) is 57.0 Å². The van der Waals surface area contributed by atoms with Crippen molar-refractivity contribution in [2.45, 2.75) is 58.5 Å². The fraction of sp³-hybridized carbons (Fsp3) is 0.357. The number of para-hydroxylation sites is 1. The molecule has 0 atom stereocenters. The Balaban J connectivity index is 1.61. The minimum atomic E-state index is -0.747. The number of carboxylic acid groups (broad SMARTS) is 1. The molecule has 0 saturated heterocycles. The van der Waals surface area contributed by atoms with Gasteiger partial charge < -0.3 is 19.2 Å². The highest BCUT2D eigenvalue weighted by atomic mass is 16.5. The van der Waals surface area contributed by atoms with E-state index in [0.29, 0.717) is 25.1 Å². The smallest absolute Gasteiger partial charge is 0.303 e. The lowest BCUT2D eigenvalue weighted by Gasteiger charge is -2.28. The molecule has 0 fully saturated rings. The van der Waals surface area contributed by atoms with E-state index < -0.39 is 5.97 Å². The van der Waals surface area contributed by atoms with E-state index in [-0.39, 0.29) is 18.4 Å². The van der Waals surface area contributed by atoms with Crippen LogP contribution in [-0.2, 0) is 11.3 Å². The van der Waals surface area contributed by atoms with Gasteiger partial charge in [0.05, 0.1) is 12.9 Å². The van der Waals surface area contributed by atoms with Gasteiger partial charge in [-0.1, -0.05) is 43.2 Å². The molecule has 3 rings (SSSR count). The number of aliphatic carboxylic acids is 1. The van der Waals surface area contributed by atoms with Gasteiger partial charge in [-0.15, -0.1) is 0 Å². The number of benzene rings is 2. The molecule has 0 aliphatic rings. The molecule has 0 radical (unpaired) electrons. The molecule has 0 spiro atoms. The van der Waals surface area contributed by atoms with Crippen molar-refractivity contribution < 1.29 is 23.8 Å². The summed E-state index contributed by atoms with van der Waals surface area (Å²) >= 11 is 0. The second kappa shape index (κ2) is 12.6. The fourth-order valence-corrected chi connectivity index (χ4v) is 3.75. The molecule has 0 aliphatic heterocycles. The number of hydrogen-bond donors (Lipinski definition) is 1. The van der Waals surface area contributed by atoms with Gasteiger partial charge in [-0.2, -0.15) is 0 Å². The van der Waals surface area contributed by atoms with Crippen LogP contribution < -0.4 is 4.74 Å². The van der Waals surface area contributed by atoms with Crippen LogP contribution in [0.2, 0.25) is 0 Å². The van der Waals surface area contributed by atoms with E-state index in [0.717, 1.165) is 41.9 Å². The van der Waals surface area contributed by atoms with Crippen LogP contribution in [0.15, 0.2) is 71.3 Å². The van der Waals surface area contributed by atoms with Gasteiger partial charge in [0.25, 0.3) is 5.91 Å². The Morgan fingerprint density at radius 2 is 1.68 bits per heavy atom. The molecule has 1 aromatic heterocycles. The summed E-state index contributed by atoms with van der Waals surface area (Å²) in [4.78, 5) is 25.8. The first kappa shape index (κ1) is 25.1. The van der Waals surface area contributed by atoms with Crippen LogP contribution in [-0.4, -0.2) is 34.5 Å². The Hall–Kier alpha value is -3.54. The van der Waals surface area contributed by atoms with E-state index in [2.05, 4.69) is 0 Å². The number of carboxylic acids is 1. The van der Waals surface area contributed by atoms with E-state index in [1.165, 1.54) is 0 Å². The molecule has 34 heavy (non-hydrogen) atoms. The molecule has 0 aliphatic carbocycles. The minimum absolute atomic E-state index is 0.0135. The molecule has 1 N–H and O–H groups in total. The van der Waals surface area contributed by atoms with Gasteiger partial charge in [0.1, 0.15) is 11.5 Å². The van der Waals surface area contributed by atoms with Crippen LogP contribution in [0.1, 0.15) is 61.9 Å². The van der Waals surface area contributed by atoms with E-state index >= 15 is 0 Å². The summed E-state index contributed by atoms with van der Waals surface area (Å²) in [5, 5.41) is 8.71. The lowest BCUT2D eigenvalue weighted by molar-refractivity contribution is -0.137. The van der Waals surface area contributed by atoms with Crippen molar-refractivity contribution in [1.29, 1.82) is 0 Å². The highest BCUT2D eigenvalue weighted by molar-refractivity contribution is 5.94. The van der Waals surface area contributed by atoms with Gasteiger partial charge in [0.2, 0.25) is 0 Å². The second-order valence-corrected chi connectivity index (χ2v) is 8.60. The van der Waals surface area contributed by atoms with Crippen molar-refractivity contribution in [2.24, 2.45) is 0 Å². The Labute approximate surface area is 201 Å². The zero-order chi connectivity index (χ0) is 24.3. The van der Waals surface area contributed by atoms with Crippen molar-refractivity contribution in [2.75, 3.05) is 6.61 Å². The Morgan fingerprint density at radius 1 is 0.941 bits per heavy atom. The number of carbonyl (C=O) groups is 2. The van der Waals surface area contributed by atoms with Crippen LogP contribution in [0.3, 0.4) is 0 Å². The molecule has 0 bridgehead atoms. The highest BCUT2D eigenvalue weighted by Gasteiger charge is 2.21. The maximum Gasteiger partial charge on any atom is 0.303 e. The van der Waals surface area contributed by atoms with Gasteiger partial charge in [-0.25, -0.2) is 0 Å². The van der Waals surface area contributed by atoms with Crippen molar-refractivity contribution in [3.05, 3.63) is 78.1 Å². The van der Waals surface area contributed by atoms with Gasteiger partial charge >= 0.3 is 5.97 Å². The molecule has 0 unspecified atom stereocenters. The largest absolute Gasteiger partial charge is 0.493 e. The van der Waals surface area contributed by atoms with E-state index in [9.17, 15) is 9.59 Å². The molecule has 2 aromatic carbocycles. The number of rotatable bonds is 13. The van der Waals surface area contributed by atoms with Crippen LogP contribution in [0.5, 0.6) is 5.75 Å². The summed E-state index contributed by atoms with van der Waals surface area (Å²) in [7, 11) is 0. The van der Waals surface area contributed by atoms with E-state index in [1.54, 1.807) is 6.26 Å². The first-order valence-corrected chi connectivity index (χ1v) is 11.8. The molecule has 6 heteroatoms. The molecule has 180 valence electrons. The summed E-state index contributed by atoms with van der Waals surface area (Å²) in [6.07, 6.45) is 5.22. The number of unbranched alkanes of at least 4 members (excludes halogenated alkanes) is 3. The van der Waals surface area contributed by atoms with Crippen LogP contribution in [0.4, 0.5) is 0 Å². The van der Waals surface area contributed by atoms with Crippen molar-refractivity contribution in [3.63, 3.8) is 0 Å². The summed E-state index contributed by atoms with van der Waals surface area (Å²) in [6, 6.07) is 19.0. The van der Waals surface area contributed by atoms with Crippen LogP contribution in [0, 0.1) is 0 Å². The third-order valence-corrected chi connectivity index (χ3v) is 5.68. The summed E-state index contributed by atoms with van der Waals surface area (Å²) in [6.45, 7) is 5.03. The Morgan fingerprint density at radius 3 is 2.35 bits per heavy atom. The standard InChI is InChI=1S/C28H33NO5/c1-21(2)29(28(32)23-16-14-22(15-17-23)25-12-9-19-34-25)20-24-10-6-7-11-26(24)33-18-8-4-3-5-13-27(30)31/h6-7,9-12,14-17,19,21H,3-5,8,13,18,20H2,1-2H3,(H,30,31). The highest BCUT2D eigenvalue weighted by Crippen LogP contribution is 2.24. The molecule has 6 nitrogen and oxygen atoms in total. The van der Waals surface area contributed by atoms with Gasteiger partial charge in [0.15, 0.2) is 0 Å². The Kier molecular flexibility index (Phi) is 9.32. The van der Waals surface area contributed by atoms with Crippen molar-refractivity contribution >= 4 is 11.9 Å². The number of nitrogens with zero attached hydrogens (tertiary/aromatic N) is 1. The normalized spacial score (nSPS) is 10.9. The minimum Gasteiger partial charge on any atom is -0.493 e. The molecular formula is C28H33NO5. The summed E-state index contributed by atoms with van der Waals surface area (Å²) in [5.41, 5.74) is 2.52. The summed E-state index contributed by atoms with van der Waals surface area (Å²) in [5.74, 6) is 0.768. The lowest BCUT2D eigenvalue weighted by Crippen LogP contribution is -2.36. The maximum absolute atomic E-state index is 13.3. The van der Waals surface area contributed by atoms with Gasteiger partial charge in [-0.3, -0.25) is 9.59 Å². The second-order valence-electron chi connectivity index (χ2n) is 8.60. The van der Waals surface area contributed by atoms with E-state index in [1.807, 2.05) is 79.4 Å². The van der Waals surface area contributed by atoms with Crippen LogP contribution >= 0.6 is 0 Å². The maximum atomic E-state index is 13.3. The number of carbonyl (C=O) groups excluding carboxylic acids is 1. The molecule has 3 aromatic rings. The van der Waals surface area contributed by atoms with E-state index in [4.69, 9.17) is 14.3 Å². The zero-order valence-corrected chi connectivity index (χ0v) is 19.9. The zero-order valence-electron chi connectivity index (χ0n) is 19.9. The monoisotopic (exact) mass is 463 g/mol. The molecule has 0 saturated carbocycles. The third-order valence-electron chi connectivity index (χ3n) is 5.68. The average Bonchev–Trinajstić information content (AvgIpc) is 3.37. The lowest BCUT2D eigenvalue weighted by atomic mass is 10.1. The first-order chi connectivity index (χ1) is 16.5. The predicted molar refractivity (Wildman–Crippen MR) is 132 cm³/mol. The quantitative estimate of drug-likeness (QED) is 0.296.